The first kappa shape index (κ1) is 16.9. The van der Waals surface area contributed by atoms with E-state index in [1.54, 1.807) is 0 Å². The molecule has 0 saturated carbocycles. The zero-order valence-electron chi connectivity index (χ0n) is 11.5. The molecule has 1 heterocycles. The van der Waals surface area contributed by atoms with Crippen LogP contribution in [0, 0.1) is 0 Å². The van der Waals surface area contributed by atoms with E-state index >= 15 is 0 Å². The first-order valence-corrected chi connectivity index (χ1v) is 6.27. The maximum Gasteiger partial charge on any atom is 0.453 e. The van der Waals surface area contributed by atoms with Crippen LogP contribution < -0.4 is 10.6 Å². The molecular weight excluding hydrogens is 291 g/mol. The van der Waals surface area contributed by atoms with Gasteiger partial charge in [-0.25, -0.2) is 4.98 Å². The molecule has 0 fully saturated rings. The highest BCUT2D eigenvalue weighted by atomic mass is 19.4. The number of halogens is 3. The Hall–Kier alpha value is -2.13. The molecular formula is C11H16F3N5O2. The molecule has 10 heteroatoms. The molecule has 118 valence electrons. The van der Waals surface area contributed by atoms with E-state index in [1.165, 1.54) is 6.92 Å². The van der Waals surface area contributed by atoms with E-state index in [1.807, 2.05) is 6.92 Å². The van der Waals surface area contributed by atoms with E-state index in [0.29, 0.717) is 12.8 Å². The van der Waals surface area contributed by atoms with Crippen molar-refractivity contribution in [3.8, 4) is 0 Å². The van der Waals surface area contributed by atoms with Crippen LogP contribution in [0.5, 0.6) is 0 Å². The summed E-state index contributed by atoms with van der Waals surface area (Å²) in [5.74, 6) is -2.26. The SMILES string of the molecule is CCC[C@H](NC(C)=O)C(=O)NCc1nc(C(F)(F)F)n[nH]1. The second-order valence-corrected chi connectivity index (χ2v) is 4.36. The lowest BCUT2D eigenvalue weighted by atomic mass is 10.1. The van der Waals surface area contributed by atoms with Gasteiger partial charge in [0.1, 0.15) is 11.9 Å². The largest absolute Gasteiger partial charge is 0.453 e. The van der Waals surface area contributed by atoms with Gasteiger partial charge in [0, 0.05) is 6.92 Å². The van der Waals surface area contributed by atoms with Crippen LogP contribution in [0.25, 0.3) is 0 Å². The number of carbonyl (C=O) groups is 2. The highest BCUT2D eigenvalue weighted by Gasteiger charge is 2.36. The summed E-state index contributed by atoms with van der Waals surface area (Å²) in [4.78, 5) is 26.0. The zero-order valence-corrected chi connectivity index (χ0v) is 11.5. The molecule has 21 heavy (non-hydrogen) atoms. The minimum atomic E-state index is -4.64. The van der Waals surface area contributed by atoms with Crippen LogP contribution in [0.2, 0.25) is 0 Å². The van der Waals surface area contributed by atoms with Crippen LogP contribution in [0.15, 0.2) is 0 Å². The summed E-state index contributed by atoms with van der Waals surface area (Å²) in [5.41, 5.74) is 0. The number of aromatic nitrogens is 3. The highest BCUT2D eigenvalue weighted by Crippen LogP contribution is 2.25. The number of carbonyl (C=O) groups excluding carboxylic acids is 2. The summed E-state index contributed by atoms with van der Waals surface area (Å²) in [6, 6.07) is -0.725. The average Bonchev–Trinajstić information content (AvgIpc) is 2.83. The first-order chi connectivity index (χ1) is 9.74. The number of nitrogens with zero attached hydrogens (tertiary/aromatic N) is 2. The number of hydrogen-bond acceptors (Lipinski definition) is 4. The number of rotatable bonds is 6. The van der Waals surface area contributed by atoms with Crippen molar-refractivity contribution in [3.63, 3.8) is 0 Å². The third-order valence-electron chi connectivity index (χ3n) is 2.49. The van der Waals surface area contributed by atoms with Crippen molar-refractivity contribution in [2.75, 3.05) is 0 Å². The second-order valence-electron chi connectivity index (χ2n) is 4.36. The second kappa shape index (κ2) is 7.04. The average molecular weight is 307 g/mol. The van der Waals surface area contributed by atoms with Crippen molar-refractivity contribution < 1.29 is 22.8 Å². The first-order valence-electron chi connectivity index (χ1n) is 6.27. The topological polar surface area (TPSA) is 99.8 Å². The molecule has 0 aliphatic heterocycles. The van der Waals surface area contributed by atoms with Crippen LogP contribution in [-0.2, 0) is 22.3 Å². The van der Waals surface area contributed by atoms with Gasteiger partial charge in [0.05, 0.1) is 6.54 Å². The fraction of sp³-hybridized carbons (Fsp3) is 0.636. The van der Waals surface area contributed by atoms with Crippen molar-refractivity contribution in [3.05, 3.63) is 11.6 Å². The van der Waals surface area contributed by atoms with Crippen LogP contribution in [0.1, 0.15) is 38.3 Å². The predicted octanol–water partition coefficient (Wildman–Crippen LogP) is 0.745. The lowest BCUT2D eigenvalue weighted by Gasteiger charge is -2.16. The Morgan fingerprint density at radius 2 is 2.05 bits per heavy atom. The molecule has 1 rings (SSSR count). The molecule has 0 saturated heterocycles. The predicted molar refractivity (Wildman–Crippen MR) is 65.7 cm³/mol. The molecule has 0 unspecified atom stereocenters. The Kier molecular flexibility index (Phi) is 5.68. The van der Waals surface area contributed by atoms with Crippen molar-refractivity contribution in [2.24, 2.45) is 0 Å². The van der Waals surface area contributed by atoms with E-state index in [-0.39, 0.29) is 18.3 Å². The number of hydrogen-bond donors (Lipinski definition) is 3. The molecule has 1 atom stereocenters. The van der Waals surface area contributed by atoms with Crippen LogP contribution in [-0.4, -0.2) is 33.0 Å². The number of aromatic amines is 1. The zero-order chi connectivity index (χ0) is 16.0. The standard InChI is InChI=1S/C11H16F3N5O2/c1-3-4-7(16-6(2)20)9(21)15-5-8-17-10(19-18-8)11(12,13)14/h7H,3-5H2,1-2H3,(H,15,21)(H,16,20)(H,17,18,19)/t7-/m0/s1. The summed E-state index contributed by atoms with van der Waals surface area (Å²) in [7, 11) is 0. The third kappa shape index (κ3) is 5.40. The smallest absolute Gasteiger partial charge is 0.347 e. The molecule has 0 aliphatic carbocycles. The van der Waals surface area contributed by atoms with Gasteiger partial charge in [-0.3, -0.25) is 14.7 Å². The molecule has 0 spiro atoms. The fourth-order valence-corrected chi connectivity index (χ4v) is 1.60. The summed E-state index contributed by atoms with van der Waals surface area (Å²) in [5, 5.41) is 9.98. The van der Waals surface area contributed by atoms with Gasteiger partial charge in [-0.1, -0.05) is 13.3 Å². The summed E-state index contributed by atoms with van der Waals surface area (Å²) in [6.07, 6.45) is -3.55. The summed E-state index contributed by atoms with van der Waals surface area (Å²) in [6.45, 7) is 2.89. The number of alkyl halides is 3. The minimum Gasteiger partial charge on any atom is -0.347 e. The van der Waals surface area contributed by atoms with Crippen LogP contribution in [0.4, 0.5) is 13.2 Å². The lowest BCUT2D eigenvalue weighted by molar-refractivity contribution is -0.144. The fourth-order valence-electron chi connectivity index (χ4n) is 1.60. The Bertz CT molecular complexity index is 500. The van der Waals surface area contributed by atoms with Gasteiger partial charge < -0.3 is 10.6 Å². The van der Waals surface area contributed by atoms with E-state index in [4.69, 9.17) is 0 Å². The molecule has 0 aliphatic rings. The summed E-state index contributed by atoms with van der Waals surface area (Å²) >= 11 is 0. The third-order valence-corrected chi connectivity index (χ3v) is 2.49. The monoisotopic (exact) mass is 307 g/mol. The molecule has 0 aromatic carbocycles. The van der Waals surface area contributed by atoms with E-state index < -0.39 is 23.9 Å². The van der Waals surface area contributed by atoms with Gasteiger partial charge in [-0.15, -0.1) is 5.10 Å². The van der Waals surface area contributed by atoms with Gasteiger partial charge in [0.15, 0.2) is 0 Å². The number of H-pyrrole nitrogens is 1. The molecule has 7 nitrogen and oxygen atoms in total. The molecule has 1 aromatic rings. The quantitative estimate of drug-likeness (QED) is 0.722. The van der Waals surface area contributed by atoms with Crippen molar-refractivity contribution in [1.82, 2.24) is 25.8 Å². The molecule has 3 N–H and O–H groups in total. The van der Waals surface area contributed by atoms with Gasteiger partial charge in [0.25, 0.3) is 5.82 Å². The van der Waals surface area contributed by atoms with Crippen molar-refractivity contribution in [2.45, 2.75) is 45.5 Å². The van der Waals surface area contributed by atoms with Gasteiger partial charge in [-0.2, -0.15) is 13.2 Å². The minimum absolute atomic E-state index is 0.117. The van der Waals surface area contributed by atoms with E-state index in [0.717, 1.165) is 0 Å². The van der Waals surface area contributed by atoms with Crippen molar-refractivity contribution >= 4 is 11.8 Å². The van der Waals surface area contributed by atoms with Gasteiger partial charge >= 0.3 is 6.18 Å². The Morgan fingerprint density at radius 3 is 2.52 bits per heavy atom. The maximum atomic E-state index is 12.3. The highest BCUT2D eigenvalue weighted by molar-refractivity contribution is 5.86. The van der Waals surface area contributed by atoms with E-state index in [9.17, 15) is 22.8 Å². The van der Waals surface area contributed by atoms with Crippen LogP contribution >= 0.6 is 0 Å². The van der Waals surface area contributed by atoms with Gasteiger partial charge in [-0.05, 0) is 6.42 Å². The Morgan fingerprint density at radius 1 is 1.38 bits per heavy atom. The van der Waals surface area contributed by atoms with Gasteiger partial charge in [0.2, 0.25) is 11.8 Å². The Balaban J connectivity index is 2.58. The molecule has 1 aromatic heterocycles. The summed E-state index contributed by atoms with van der Waals surface area (Å²) < 4.78 is 36.9. The van der Waals surface area contributed by atoms with Crippen LogP contribution in [0.3, 0.4) is 0 Å². The Labute approximate surface area is 118 Å². The molecule has 0 radical (unpaired) electrons. The molecule has 2 amide bonds. The lowest BCUT2D eigenvalue weighted by Crippen LogP contribution is -2.45. The number of nitrogens with one attached hydrogen (secondary N) is 3. The number of amides is 2. The van der Waals surface area contributed by atoms with Crippen molar-refractivity contribution in [1.29, 1.82) is 0 Å². The van der Waals surface area contributed by atoms with E-state index in [2.05, 4.69) is 25.8 Å². The normalized spacial score (nSPS) is 12.8. The molecule has 0 bridgehead atoms. The maximum absolute atomic E-state index is 12.3.